The predicted octanol–water partition coefficient (Wildman–Crippen LogP) is 4.75. The molecule has 0 radical (unpaired) electrons. The third kappa shape index (κ3) is 3.16. The number of aliphatic hydroxyl groups is 1. The number of rotatable bonds is 3. The van der Waals surface area contributed by atoms with E-state index in [0.29, 0.717) is 38.9 Å². The van der Waals surface area contributed by atoms with Crippen LogP contribution < -0.4 is 14.8 Å². The third-order valence-corrected chi connectivity index (χ3v) is 8.35. The number of hydrogen-bond acceptors (Lipinski definition) is 7. The van der Waals surface area contributed by atoms with Gasteiger partial charge < -0.3 is 29.4 Å². The smallest absolute Gasteiger partial charge is 0.313 e. The summed E-state index contributed by atoms with van der Waals surface area (Å²) in [4.78, 5) is 27.3. The molecule has 1 amide bonds. The van der Waals surface area contributed by atoms with Gasteiger partial charge in [0.15, 0.2) is 23.2 Å². The second-order valence-corrected chi connectivity index (χ2v) is 10.3. The van der Waals surface area contributed by atoms with Crippen molar-refractivity contribution in [2.45, 2.75) is 23.9 Å². The number of esters is 1. The van der Waals surface area contributed by atoms with Gasteiger partial charge in [0, 0.05) is 17.3 Å². The molecule has 0 aromatic heterocycles. The first-order chi connectivity index (χ1) is 17.9. The Morgan fingerprint density at radius 3 is 2.57 bits per heavy atom. The molecule has 4 aliphatic rings. The van der Waals surface area contributed by atoms with Gasteiger partial charge in [0.25, 0.3) is 0 Å². The highest BCUT2D eigenvalue weighted by Crippen LogP contribution is 2.67. The summed E-state index contributed by atoms with van der Waals surface area (Å²) in [5.41, 5.74) is 0.805. The predicted molar refractivity (Wildman–Crippen MR) is 131 cm³/mol. The number of anilines is 1. The zero-order valence-corrected chi connectivity index (χ0v) is 20.5. The van der Waals surface area contributed by atoms with E-state index in [0.717, 1.165) is 0 Å². The van der Waals surface area contributed by atoms with Crippen LogP contribution in [0.1, 0.15) is 35.0 Å². The highest BCUT2D eigenvalue weighted by molar-refractivity contribution is 6.42. The molecule has 8 nitrogen and oxygen atoms in total. The van der Waals surface area contributed by atoms with Crippen LogP contribution in [0, 0.1) is 11.8 Å². The number of ether oxygens (including phenoxy) is 4. The number of carbonyl (C=O) groups is 2. The number of benzene rings is 3. The number of fused-ring (bicyclic) bond motifs is 3. The molecule has 2 fully saturated rings. The first-order valence-corrected chi connectivity index (χ1v) is 12.4. The number of hydrogen-bond donors (Lipinski definition) is 2. The molecule has 3 unspecified atom stereocenters. The van der Waals surface area contributed by atoms with Gasteiger partial charge in [-0.25, -0.2) is 0 Å². The van der Waals surface area contributed by atoms with Gasteiger partial charge in [-0.3, -0.25) is 9.59 Å². The van der Waals surface area contributed by atoms with Crippen molar-refractivity contribution in [2.24, 2.45) is 11.8 Å². The Morgan fingerprint density at radius 1 is 0.973 bits per heavy atom. The molecular formula is C27H19Cl2NO7. The summed E-state index contributed by atoms with van der Waals surface area (Å²) in [6.07, 6.45) is -2.95. The standard InChI is InChI=1S/C27H19Cl2NO7/c28-16-7-5-12(9-17(16)29)22-20(25(32)30-13-6-8-18-19(10-13)35-11-34-18)21-26(33)36-24-15-4-2-1-3-14(15)23(31)27(21,24)37-22/h1-10,20-24,31H,11H2,(H,30,32)/t20-,21?,22?,23-,24+,27?/m1/s1. The van der Waals surface area contributed by atoms with E-state index in [1.54, 1.807) is 60.7 Å². The highest BCUT2D eigenvalue weighted by atomic mass is 35.5. The average Bonchev–Trinajstić information content (AvgIpc) is 3.62. The quantitative estimate of drug-likeness (QED) is 0.463. The van der Waals surface area contributed by atoms with Crippen molar-refractivity contribution in [3.8, 4) is 11.5 Å². The Morgan fingerprint density at radius 2 is 1.76 bits per heavy atom. The lowest BCUT2D eigenvalue weighted by atomic mass is 9.76. The van der Waals surface area contributed by atoms with Crippen molar-refractivity contribution in [3.63, 3.8) is 0 Å². The van der Waals surface area contributed by atoms with Crippen LogP contribution in [0.3, 0.4) is 0 Å². The van der Waals surface area contributed by atoms with E-state index in [4.69, 9.17) is 42.1 Å². The van der Waals surface area contributed by atoms with Gasteiger partial charge in [0.2, 0.25) is 12.7 Å². The summed E-state index contributed by atoms with van der Waals surface area (Å²) in [6, 6.07) is 17.1. The van der Waals surface area contributed by atoms with Gasteiger partial charge in [-0.05, 0) is 35.4 Å². The van der Waals surface area contributed by atoms with E-state index in [1.165, 1.54) is 0 Å². The molecule has 7 rings (SSSR count). The topological polar surface area (TPSA) is 103 Å². The van der Waals surface area contributed by atoms with Crippen molar-refractivity contribution in [2.75, 3.05) is 12.1 Å². The number of nitrogens with one attached hydrogen (secondary N) is 1. The van der Waals surface area contributed by atoms with Gasteiger partial charge in [-0.2, -0.15) is 0 Å². The van der Waals surface area contributed by atoms with Gasteiger partial charge in [-0.1, -0.05) is 53.5 Å². The molecule has 0 bridgehead atoms. The Kier molecular flexibility index (Phi) is 5.00. The summed E-state index contributed by atoms with van der Waals surface area (Å²) in [5.74, 6) is -2.12. The summed E-state index contributed by atoms with van der Waals surface area (Å²) in [7, 11) is 0. The Bertz CT molecular complexity index is 1480. The molecule has 1 spiro atoms. The number of carbonyl (C=O) groups excluding carboxylic acids is 2. The van der Waals surface area contributed by atoms with E-state index >= 15 is 0 Å². The molecule has 188 valence electrons. The molecular weight excluding hydrogens is 521 g/mol. The summed E-state index contributed by atoms with van der Waals surface area (Å²) in [6.45, 7) is 0.0961. The molecule has 1 aliphatic carbocycles. The number of aliphatic hydroxyl groups excluding tert-OH is 1. The highest BCUT2D eigenvalue weighted by Gasteiger charge is 2.75. The van der Waals surface area contributed by atoms with Gasteiger partial charge in [-0.15, -0.1) is 0 Å². The maximum atomic E-state index is 13.9. The number of amides is 1. The van der Waals surface area contributed by atoms with E-state index in [2.05, 4.69) is 5.32 Å². The lowest BCUT2D eigenvalue weighted by molar-refractivity contribution is -0.161. The lowest BCUT2D eigenvalue weighted by Crippen LogP contribution is -2.43. The van der Waals surface area contributed by atoms with Gasteiger partial charge in [0.05, 0.1) is 22.1 Å². The lowest BCUT2D eigenvalue weighted by Gasteiger charge is -2.30. The number of halogens is 2. The van der Waals surface area contributed by atoms with Crippen LogP contribution >= 0.6 is 23.2 Å². The SMILES string of the molecule is O=C1O[C@H]2c3ccccc3[C@@H](O)C23OC(c2ccc(Cl)c(Cl)c2)[C@H](C(=O)Nc2ccc4c(c2)OCO4)C13. The van der Waals surface area contributed by atoms with Crippen LogP contribution in [0.5, 0.6) is 11.5 Å². The molecule has 3 aliphatic heterocycles. The van der Waals surface area contributed by atoms with Crippen LogP contribution in [0.2, 0.25) is 10.0 Å². The molecule has 10 heteroatoms. The molecule has 2 N–H and O–H groups in total. The maximum absolute atomic E-state index is 13.9. The van der Waals surface area contributed by atoms with Crippen LogP contribution in [0.25, 0.3) is 0 Å². The minimum Gasteiger partial charge on any atom is -0.454 e. The van der Waals surface area contributed by atoms with Crippen LogP contribution in [-0.2, 0) is 19.1 Å². The molecule has 3 aromatic carbocycles. The minimum absolute atomic E-state index is 0.0961. The fraction of sp³-hybridized carbons (Fsp3) is 0.259. The van der Waals surface area contributed by atoms with Crippen LogP contribution in [0.15, 0.2) is 60.7 Å². The normalized spacial score (nSPS) is 30.5. The fourth-order valence-electron chi connectivity index (χ4n) is 6.04. The molecule has 6 atom stereocenters. The fourth-order valence-corrected chi connectivity index (χ4v) is 6.35. The van der Waals surface area contributed by atoms with E-state index in [1.807, 2.05) is 0 Å². The monoisotopic (exact) mass is 539 g/mol. The van der Waals surface area contributed by atoms with Crippen molar-refractivity contribution in [1.29, 1.82) is 0 Å². The Balaban J connectivity index is 1.32. The summed E-state index contributed by atoms with van der Waals surface area (Å²) in [5, 5.41) is 15.0. The Hall–Kier alpha value is -3.30. The van der Waals surface area contributed by atoms with Crippen molar-refractivity contribution >= 4 is 40.8 Å². The van der Waals surface area contributed by atoms with Crippen LogP contribution in [-0.4, -0.2) is 29.4 Å². The zero-order chi connectivity index (χ0) is 25.5. The Labute approximate surface area is 221 Å². The maximum Gasteiger partial charge on any atom is 0.313 e. The first kappa shape index (κ1) is 22.9. The largest absolute Gasteiger partial charge is 0.454 e. The van der Waals surface area contributed by atoms with E-state index in [-0.39, 0.29) is 11.8 Å². The van der Waals surface area contributed by atoms with Crippen molar-refractivity contribution in [3.05, 3.63) is 87.4 Å². The third-order valence-electron chi connectivity index (χ3n) is 7.62. The summed E-state index contributed by atoms with van der Waals surface area (Å²) < 4.78 is 23.1. The minimum atomic E-state index is -1.48. The van der Waals surface area contributed by atoms with Crippen LogP contribution in [0.4, 0.5) is 5.69 Å². The molecule has 3 aromatic rings. The van der Waals surface area contributed by atoms with Crippen molar-refractivity contribution < 1.29 is 33.6 Å². The molecule has 37 heavy (non-hydrogen) atoms. The van der Waals surface area contributed by atoms with E-state index in [9.17, 15) is 14.7 Å². The average molecular weight is 540 g/mol. The second kappa shape index (κ2) is 8.10. The first-order valence-electron chi connectivity index (χ1n) is 11.7. The molecule has 2 saturated heterocycles. The second-order valence-electron chi connectivity index (χ2n) is 9.47. The zero-order valence-electron chi connectivity index (χ0n) is 19.0. The van der Waals surface area contributed by atoms with E-state index < -0.39 is 47.6 Å². The van der Waals surface area contributed by atoms with Gasteiger partial charge >= 0.3 is 5.97 Å². The van der Waals surface area contributed by atoms with Crippen molar-refractivity contribution in [1.82, 2.24) is 0 Å². The van der Waals surface area contributed by atoms with Gasteiger partial charge in [0.1, 0.15) is 12.0 Å². The molecule has 0 saturated carbocycles. The summed E-state index contributed by atoms with van der Waals surface area (Å²) >= 11 is 12.5. The molecule has 3 heterocycles.